The van der Waals surface area contributed by atoms with Crippen LogP contribution in [0, 0.1) is 5.82 Å². The van der Waals surface area contributed by atoms with Crippen LogP contribution in [0.3, 0.4) is 0 Å². The van der Waals surface area contributed by atoms with Crippen molar-refractivity contribution in [2.45, 2.75) is 19.4 Å². The lowest BCUT2D eigenvalue weighted by atomic mass is 10.1. The number of ether oxygens (including phenoxy) is 1. The summed E-state index contributed by atoms with van der Waals surface area (Å²) in [7, 11) is 0. The van der Waals surface area contributed by atoms with Crippen molar-refractivity contribution < 1.29 is 9.13 Å². The Kier molecular flexibility index (Phi) is 3.49. The number of nitrogens with zero attached hydrogens (tertiary/aromatic N) is 1. The number of aromatic nitrogens is 1. The minimum absolute atomic E-state index is 0.240. The van der Waals surface area contributed by atoms with Gasteiger partial charge in [-0.3, -0.25) is 0 Å². The molecule has 1 aliphatic heterocycles. The molecule has 2 aromatic rings. The maximum absolute atomic E-state index is 12.9. The van der Waals surface area contributed by atoms with E-state index >= 15 is 0 Å². The summed E-state index contributed by atoms with van der Waals surface area (Å²) < 4.78 is 18.4. The number of fused-ring (bicyclic) bond motifs is 1. The van der Waals surface area contributed by atoms with Gasteiger partial charge in [-0.1, -0.05) is 23.7 Å². The van der Waals surface area contributed by atoms with Gasteiger partial charge < -0.3 is 10.1 Å². The van der Waals surface area contributed by atoms with Gasteiger partial charge in [0.2, 0.25) is 5.88 Å². The topological polar surface area (TPSA) is 34.1 Å². The second-order valence-electron chi connectivity index (χ2n) is 4.95. The number of benzene rings is 1. The number of hydrogen-bond acceptors (Lipinski definition) is 3. The summed E-state index contributed by atoms with van der Waals surface area (Å²) in [4.78, 5) is 4.27. The highest BCUT2D eigenvalue weighted by Gasteiger charge is 2.19. The smallest absolute Gasteiger partial charge is 0.238 e. The minimum Gasteiger partial charge on any atom is -0.474 e. The summed E-state index contributed by atoms with van der Waals surface area (Å²) in [6, 6.07) is 8.57. The number of pyridine rings is 1. The molecule has 0 bridgehead atoms. The average Bonchev–Trinajstić information content (AvgIpc) is 2.42. The van der Waals surface area contributed by atoms with Gasteiger partial charge >= 0.3 is 0 Å². The van der Waals surface area contributed by atoms with Crippen molar-refractivity contribution in [1.82, 2.24) is 4.98 Å². The van der Waals surface area contributed by atoms with Crippen LogP contribution in [-0.4, -0.2) is 17.6 Å². The highest BCUT2D eigenvalue weighted by Crippen LogP contribution is 2.32. The summed E-state index contributed by atoms with van der Waals surface area (Å²) >= 11 is 6.19. The SMILES string of the molecule is CC1COc2nc(Cl)c(Cc3ccc(F)cc3)cc2N1. The number of halogens is 2. The lowest BCUT2D eigenvalue weighted by Crippen LogP contribution is -2.29. The predicted octanol–water partition coefficient (Wildman–Crippen LogP) is 3.66. The van der Waals surface area contributed by atoms with Crippen LogP contribution in [-0.2, 0) is 6.42 Å². The molecule has 0 radical (unpaired) electrons. The van der Waals surface area contributed by atoms with Crippen molar-refractivity contribution in [2.75, 3.05) is 11.9 Å². The molecule has 0 saturated heterocycles. The second-order valence-corrected chi connectivity index (χ2v) is 5.31. The molecule has 3 nitrogen and oxygen atoms in total. The third kappa shape index (κ3) is 2.70. The molecule has 20 heavy (non-hydrogen) atoms. The second kappa shape index (κ2) is 5.29. The molecule has 1 unspecified atom stereocenters. The van der Waals surface area contributed by atoms with E-state index in [9.17, 15) is 4.39 Å². The van der Waals surface area contributed by atoms with Gasteiger partial charge in [-0.2, -0.15) is 4.98 Å². The fourth-order valence-corrected chi connectivity index (χ4v) is 2.39. The Morgan fingerprint density at radius 3 is 2.90 bits per heavy atom. The van der Waals surface area contributed by atoms with Gasteiger partial charge in [-0.25, -0.2) is 4.39 Å². The molecule has 0 spiro atoms. The van der Waals surface area contributed by atoms with Crippen LogP contribution in [0.4, 0.5) is 10.1 Å². The first-order valence-corrected chi connectivity index (χ1v) is 6.83. The van der Waals surface area contributed by atoms with E-state index in [0.717, 1.165) is 16.8 Å². The molecule has 1 aromatic carbocycles. The lowest BCUT2D eigenvalue weighted by Gasteiger charge is -2.24. The fourth-order valence-electron chi connectivity index (χ4n) is 2.19. The van der Waals surface area contributed by atoms with Gasteiger partial charge in [-0.15, -0.1) is 0 Å². The summed E-state index contributed by atoms with van der Waals surface area (Å²) in [5.74, 6) is 0.295. The van der Waals surface area contributed by atoms with Crippen molar-refractivity contribution in [3.63, 3.8) is 0 Å². The molecule has 1 atom stereocenters. The molecule has 1 aromatic heterocycles. The minimum atomic E-state index is -0.243. The normalized spacial score (nSPS) is 17.1. The summed E-state index contributed by atoms with van der Waals surface area (Å²) in [5, 5.41) is 3.74. The molecular formula is C15H14ClFN2O. The highest BCUT2D eigenvalue weighted by atomic mass is 35.5. The van der Waals surface area contributed by atoms with Crippen LogP contribution < -0.4 is 10.1 Å². The largest absolute Gasteiger partial charge is 0.474 e. The zero-order valence-corrected chi connectivity index (χ0v) is 11.7. The van der Waals surface area contributed by atoms with Gasteiger partial charge in [0.05, 0.1) is 11.7 Å². The zero-order valence-electron chi connectivity index (χ0n) is 11.0. The van der Waals surface area contributed by atoms with Gasteiger partial charge in [0.15, 0.2) is 0 Å². The van der Waals surface area contributed by atoms with E-state index in [-0.39, 0.29) is 11.9 Å². The van der Waals surface area contributed by atoms with Crippen molar-refractivity contribution in [3.05, 3.63) is 52.4 Å². The molecule has 0 saturated carbocycles. The van der Waals surface area contributed by atoms with Gasteiger partial charge in [0.25, 0.3) is 0 Å². The number of rotatable bonds is 2. The predicted molar refractivity (Wildman–Crippen MR) is 77.0 cm³/mol. The first kappa shape index (κ1) is 13.2. The maximum atomic E-state index is 12.9. The Balaban J connectivity index is 1.89. The number of anilines is 1. The molecular weight excluding hydrogens is 279 g/mol. The van der Waals surface area contributed by atoms with Gasteiger partial charge in [0, 0.05) is 6.42 Å². The monoisotopic (exact) mass is 292 g/mol. The molecule has 0 fully saturated rings. The van der Waals surface area contributed by atoms with E-state index in [0.29, 0.717) is 24.1 Å². The average molecular weight is 293 g/mol. The Morgan fingerprint density at radius 1 is 1.40 bits per heavy atom. The first-order valence-electron chi connectivity index (χ1n) is 6.45. The number of hydrogen-bond donors (Lipinski definition) is 1. The first-order chi connectivity index (χ1) is 9.61. The summed E-state index contributed by atoms with van der Waals surface area (Å²) in [6.45, 7) is 2.62. The quantitative estimate of drug-likeness (QED) is 0.858. The zero-order chi connectivity index (χ0) is 14.1. The molecule has 0 aliphatic carbocycles. The third-order valence-corrected chi connectivity index (χ3v) is 3.52. The Morgan fingerprint density at radius 2 is 2.15 bits per heavy atom. The maximum Gasteiger partial charge on any atom is 0.238 e. The van der Waals surface area contributed by atoms with Gasteiger partial charge in [0.1, 0.15) is 17.6 Å². The van der Waals surface area contributed by atoms with E-state index in [4.69, 9.17) is 16.3 Å². The number of nitrogens with one attached hydrogen (secondary N) is 1. The molecule has 1 aliphatic rings. The van der Waals surface area contributed by atoms with Crippen molar-refractivity contribution >= 4 is 17.3 Å². The van der Waals surface area contributed by atoms with Crippen LogP contribution in [0.25, 0.3) is 0 Å². The van der Waals surface area contributed by atoms with Gasteiger partial charge in [-0.05, 0) is 36.2 Å². The van der Waals surface area contributed by atoms with Crippen molar-refractivity contribution in [2.24, 2.45) is 0 Å². The summed E-state index contributed by atoms with van der Waals surface area (Å²) in [5.41, 5.74) is 2.73. The standard InChI is InChI=1S/C15H14ClFN2O/c1-9-8-20-15-13(18-9)7-11(14(16)19-15)6-10-2-4-12(17)5-3-10/h2-5,7,9,18H,6,8H2,1H3. The molecule has 2 heterocycles. The summed E-state index contributed by atoms with van der Waals surface area (Å²) in [6.07, 6.45) is 0.607. The van der Waals surface area contributed by atoms with Crippen molar-refractivity contribution in [1.29, 1.82) is 0 Å². The van der Waals surface area contributed by atoms with E-state index < -0.39 is 0 Å². The molecule has 104 valence electrons. The Hall–Kier alpha value is -1.81. The van der Waals surface area contributed by atoms with Crippen LogP contribution in [0.1, 0.15) is 18.1 Å². The molecule has 3 rings (SSSR count). The Bertz CT molecular complexity index is 631. The Labute approximate surface area is 121 Å². The van der Waals surface area contributed by atoms with Crippen molar-refractivity contribution in [3.8, 4) is 5.88 Å². The van der Waals surface area contributed by atoms with E-state index in [2.05, 4.69) is 10.3 Å². The molecule has 5 heteroatoms. The van der Waals surface area contributed by atoms with Crippen LogP contribution in [0.2, 0.25) is 5.15 Å². The van der Waals surface area contributed by atoms with E-state index in [1.165, 1.54) is 12.1 Å². The molecule has 1 N–H and O–H groups in total. The third-order valence-electron chi connectivity index (χ3n) is 3.19. The van der Waals surface area contributed by atoms with Crippen LogP contribution >= 0.6 is 11.6 Å². The highest BCUT2D eigenvalue weighted by molar-refractivity contribution is 6.30. The van der Waals surface area contributed by atoms with E-state index in [1.54, 1.807) is 12.1 Å². The van der Waals surface area contributed by atoms with Crippen LogP contribution in [0.15, 0.2) is 30.3 Å². The lowest BCUT2D eigenvalue weighted by molar-refractivity contribution is 0.280. The van der Waals surface area contributed by atoms with E-state index in [1.807, 2.05) is 13.0 Å². The van der Waals surface area contributed by atoms with Crippen LogP contribution in [0.5, 0.6) is 5.88 Å². The fraction of sp³-hybridized carbons (Fsp3) is 0.267. The molecule has 0 amide bonds.